The number of hydrogen-bond acceptors (Lipinski definition) is 5. The molecule has 0 bridgehead atoms. The number of sulfone groups is 1. The van der Waals surface area contributed by atoms with Crippen LogP contribution in [0.25, 0.3) is 0 Å². The number of carbonyl (C=O) groups excluding carboxylic acids is 1. The molecular weight excluding hydrogens is 539 g/mol. The Morgan fingerprint density at radius 2 is 1.79 bits per heavy atom. The molecule has 1 saturated heterocycles. The van der Waals surface area contributed by atoms with Gasteiger partial charge in [0.1, 0.15) is 0 Å². The summed E-state index contributed by atoms with van der Waals surface area (Å²) in [7, 11) is -1.60. The molecule has 0 aromatic heterocycles. The van der Waals surface area contributed by atoms with E-state index in [0.29, 0.717) is 61.5 Å². The second kappa shape index (κ2) is 17.8. The van der Waals surface area contributed by atoms with E-state index in [1.807, 2.05) is 38.2 Å². The third-order valence-electron chi connectivity index (χ3n) is 6.16. The number of amides is 1. The summed E-state index contributed by atoms with van der Waals surface area (Å²) < 4.78 is 41.6. The fourth-order valence-electron chi connectivity index (χ4n) is 4.11. The first-order valence-corrected chi connectivity index (χ1v) is 15.3. The Labute approximate surface area is 239 Å². The minimum Gasteiger partial charge on any atom is -0.381 e. The summed E-state index contributed by atoms with van der Waals surface area (Å²) in [6.45, 7) is 13.6. The molecule has 39 heavy (non-hydrogen) atoms. The zero-order chi connectivity index (χ0) is 29.4. The van der Waals surface area contributed by atoms with Crippen molar-refractivity contribution in [2.75, 3.05) is 45.3 Å². The molecule has 0 radical (unpaired) electrons. The minimum atomic E-state index is -3.25. The van der Waals surface area contributed by atoms with Crippen LogP contribution in [0.15, 0.2) is 96.0 Å². The molecular formula is C30H42ClFN2O4S. The molecule has 1 fully saturated rings. The van der Waals surface area contributed by atoms with Crippen LogP contribution in [-0.2, 0) is 19.4 Å². The van der Waals surface area contributed by atoms with Gasteiger partial charge in [0.25, 0.3) is 5.91 Å². The number of piperazine rings is 1. The zero-order valence-electron chi connectivity index (χ0n) is 23.5. The molecule has 216 valence electrons. The van der Waals surface area contributed by atoms with Gasteiger partial charge in [-0.05, 0) is 38.0 Å². The first-order valence-electron chi connectivity index (χ1n) is 12.9. The fraction of sp³-hybridized carbons (Fsp3) is 0.433. The van der Waals surface area contributed by atoms with Crippen molar-refractivity contribution in [1.29, 1.82) is 0 Å². The number of allylic oxidation sites excluding steroid dienone is 8. The number of nitrogens with zero attached hydrogens (tertiary/aromatic N) is 2. The van der Waals surface area contributed by atoms with Crippen LogP contribution in [0.1, 0.15) is 26.7 Å². The summed E-state index contributed by atoms with van der Waals surface area (Å²) in [6.07, 6.45) is 17.7. The molecule has 0 spiro atoms. The van der Waals surface area contributed by atoms with E-state index in [-0.39, 0.29) is 23.7 Å². The minimum absolute atomic E-state index is 0.00948. The summed E-state index contributed by atoms with van der Waals surface area (Å²) in [5.74, 6) is -0.716. The largest absolute Gasteiger partial charge is 0.381 e. The lowest BCUT2D eigenvalue weighted by Gasteiger charge is -2.37. The van der Waals surface area contributed by atoms with Gasteiger partial charge in [0.2, 0.25) is 0 Å². The topological polar surface area (TPSA) is 66.9 Å². The molecule has 1 aliphatic rings. The Kier molecular flexibility index (Phi) is 15.7. The molecule has 0 N–H and O–H groups in total. The zero-order valence-corrected chi connectivity index (χ0v) is 25.1. The van der Waals surface area contributed by atoms with E-state index in [1.165, 1.54) is 18.2 Å². The number of carbonyl (C=O) groups is 1. The highest BCUT2D eigenvalue weighted by Gasteiger charge is 2.26. The third-order valence-corrected chi connectivity index (χ3v) is 7.22. The van der Waals surface area contributed by atoms with Crippen LogP contribution in [0.3, 0.4) is 0 Å². The third kappa shape index (κ3) is 12.4. The molecule has 1 aliphatic heterocycles. The van der Waals surface area contributed by atoms with Gasteiger partial charge in [0, 0.05) is 68.2 Å². The highest BCUT2D eigenvalue weighted by atomic mass is 35.5. The molecule has 2 unspecified atom stereocenters. The number of methoxy groups -OCH3 is 1. The lowest BCUT2D eigenvalue weighted by atomic mass is 9.89. The van der Waals surface area contributed by atoms with Crippen LogP contribution >= 0.6 is 11.6 Å². The number of ether oxygens (including phenoxy) is 1. The molecule has 1 amide bonds. The van der Waals surface area contributed by atoms with Crippen molar-refractivity contribution < 1.29 is 22.3 Å². The first-order chi connectivity index (χ1) is 18.5. The van der Waals surface area contributed by atoms with Gasteiger partial charge in [-0.1, -0.05) is 67.3 Å². The van der Waals surface area contributed by atoms with E-state index in [9.17, 15) is 17.6 Å². The summed E-state index contributed by atoms with van der Waals surface area (Å²) in [5, 5.41) is 0.663. The molecule has 0 aliphatic carbocycles. The summed E-state index contributed by atoms with van der Waals surface area (Å²) in [6, 6.07) is 0. The monoisotopic (exact) mass is 580 g/mol. The van der Waals surface area contributed by atoms with Crippen molar-refractivity contribution in [3.8, 4) is 0 Å². The van der Waals surface area contributed by atoms with Crippen LogP contribution < -0.4 is 0 Å². The molecule has 1 heterocycles. The van der Waals surface area contributed by atoms with Gasteiger partial charge in [0.05, 0.1) is 18.2 Å². The van der Waals surface area contributed by atoms with Crippen LogP contribution in [0.4, 0.5) is 4.39 Å². The van der Waals surface area contributed by atoms with Crippen molar-refractivity contribution in [3.05, 3.63) is 96.0 Å². The molecule has 6 nitrogen and oxygen atoms in total. The predicted molar refractivity (Wildman–Crippen MR) is 161 cm³/mol. The quantitative estimate of drug-likeness (QED) is 0.137. The van der Waals surface area contributed by atoms with Gasteiger partial charge < -0.3 is 14.5 Å². The summed E-state index contributed by atoms with van der Waals surface area (Å²) >= 11 is 6.46. The van der Waals surface area contributed by atoms with E-state index < -0.39 is 9.84 Å². The van der Waals surface area contributed by atoms with Crippen molar-refractivity contribution in [2.45, 2.75) is 32.8 Å². The molecule has 2 atom stereocenters. The van der Waals surface area contributed by atoms with E-state index >= 15 is 0 Å². The van der Waals surface area contributed by atoms with Crippen molar-refractivity contribution in [2.24, 2.45) is 5.92 Å². The first kappa shape index (κ1) is 34.3. The van der Waals surface area contributed by atoms with Crippen LogP contribution in [0.2, 0.25) is 0 Å². The standard InChI is InChI=1S/C30H42ClFN2O4S/c1-7-12-25(14-10-16-32)29(15-11-21-39(6,36)37)28(9-3)30(35)34-19-17-33(18-20-34)27(13-8-2)23-26(31)22-24(4)38-5/h7-13,15-16,23-25H,2-3,14,17-22H2,1,4-6H3/b12-7-,15-11-,16-10+,26-23+,27-13+,29-28-. The van der Waals surface area contributed by atoms with Crippen LogP contribution in [-0.4, -0.2) is 75.5 Å². The van der Waals surface area contributed by atoms with Crippen molar-refractivity contribution in [1.82, 2.24) is 9.80 Å². The van der Waals surface area contributed by atoms with Gasteiger partial charge in [-0.25, -0.2) is 12.8 Å². The maximum Gasteiger partial charge on any atom is 0.254 e. The Hall–Kier alpha value is -2.68. The number of hydrogen-bond donors (Lipinski definition) is 0. The number of halogens is 2. The van der Waals surface area contributed by atoms with Gasteiger partial charge in [0.15, 0.2) is 9.84 Å². The normalized spacial score (nSPS) is 18.1. The summed E-state index contributed by atoms with van der Waals surface area (Å²) in [4.78, 5) is 17.6. The lowest BCUT2D eigenvalue weighted by Crippen LogP contribution is -2.48. The van der Waals surface area contributed by atoms with Gasteiger partial charge in [-0.3, -0.25) is 4.79 Å². The van der Waals surface area contributed by atoms with Crippen LogP contribution in [0, 0.1) is 5.92 Å². The Bertz CT molecular complexity index is 1130. The molecule has 1 rings (SSSR count). The van der Waals surface area contributed by atoms with Crippen molar-refractivity contribution >= 4 is 27.3 Å². The molecule has 9 heteroatoms. The highest BCUT2D eigenvalue weighted by molar-refractivity contribution is 7.90. The maximum atomic E-state index is 13.7. The van der Waals surface area contributed by atoms with Gasteiger partial charge >= 0.3 is 0 Å². The van der Waals surface area contributed by atoms with Crippen LogP contribution in [0.5, 0.6) is 0 Å². The second-order valence-corrected chi connectivity index (χ2v) is 11.9. The van der Waals surface area contributed by atoms with Crippen molar-refractivity contribution in [3.63, 3.8) is 0 Å². The summed E-state index contributed by atoms with van der Waals surface area (Å²) in [5.41, 5.74) is 1.86. The second-order valence-electron chi connectivity index (χ2n) is 9.25. The van der Waals surface area contributed by atoms with Gasteiger partial charge in [-0.15, -0.1) is 0 Å². The van der Waals surface area contributed by atoms with E-state index in [4.69, 9.17) is 16.3 Å². The predicted octanol–water partition coefficient (Wildman–Crippen LogP) is 5.90. The number of rotatable bonds is 15. The molecule has 0 saturated carbocycles. The lowest BCUT2D eigenvalue weighted by molar-refractivity contribution is -0.128. The highest BCUT2D eigenvalue weighted by Crippen LogP contribution is 2.26. The molecule has 0 aromatic rings. The average molecular weight is 581 g/mol. The Balaban J connectivity index is 3.27. The fourth-order valence-corrected chi connectivity index (χ4v) is 4.89. The maximum absolute atomic E-state index is 13.7. The molecule has 0 aromatic carbocycles. The van der Waals surface area contributed by atoms with E-state index in [0.717, 1.165) is 12.0 Å². The van der Waals surface area contributed by atoms with E-state index in [2.05, 4.69) is 18.1 Å². The Morgan fingerprint density at radius 1 is 1.15 bits per heavy atom. The average Bonchev–Trinajstić information content (AvgIpc) is 2.89. The smallest absolute Gasteiger partial charge is 0.254 e. The SMILES string of the molecule is C=C/C=C(\C=C(\Cl)CC(C)OC)N1CCN(C(=O)/C(C=C)=C(/C=C\CS(C)(=O)=O)C(/C=C\C)C/C=C/F)CC1. The van der Waals surface area contributed by atoms with Gasteiger partial charge in [-0.2, -0.15) is 0 Å². The Morgan fingerprint density at radius 3 is 2.31 bits per heavy atom. The van der Waals surface area contributed by atoms with E-state index in [1.54, 1.807) is 24.2 Å².